The predicted octanol–water partition coefficient (Wildman–Crippen LogP) is 3.26. The fraction of sp³-hybridized carbons (Fsp3) is 0.278. The topological polar surface area (TPSA) is 61.9 Å². The number of carbonyl (C=O) groups excluding carboxylic acids is 1. The van der Waals surface area contributed by atoms with Crippen LogP contribution in [0.2, 0.25) is 0 Å². The second-order valence-corrected chi connectivity index (χ2v) is 6.26. The van der Waals surface area contributed by atoms with Crippen LogP contribution in [0, 0.1) is 11.6 Å². The summed E-state index contributed by atoms with van der Waals surface area (Å²) < 4.78 is 26.8. The molecule has 1 fully saturated rings. The monoisotopic (exact) mass is 342 g/mol. The first-order valence-corrected chi connectivity index (χ1v) is 8.16. The van der Waals surface area contributed by atoms with Crippen molar-refractivity contribution < 1.29 is 13.6 Å². The third-order valence-corrected chi connectivity index (χ3v) is 4.59. The second kappa shape index (κ2) is 6.23. The summed E-state index contributed by atoms with van der Waals surface area (Å²) in [6.45, 7) is 1.04. The molecule has 1 aliphatic rings. The van der Waals surface area contributed by atoms with Crippen molar-refractivity contribution >= 4 is 16.9 Å². The Morgan fingerprint density at radius 2 is 2.04 bits per heavy atom. The number of piperidine rings is 1. The maximum absolute atomic E-state index is 13.4. The Balaban J connectivity index is 1.59. The molecule has 1 aliphatic heterocycles. The van der Waals surface area contributed by atoms with Crippen molar-refractivity contribution in [2.24, 2.45) is 0 Å². The second-order valence-electron chi connectivity index (χ2n) is 6.26. The molecular weight excluding hydrogens is 326 g/mol. The van der Waals surface area contributed by atoms with Crippen molar-refractivity contribution in [1.82, 2.24) is 20.1 Å². The van der Waals surface area contributed by atoms with Crippen molar-refractivity contribution in [1.29, 1.82) is 0 Å². The van der Waals surface area contributed by atoms with Crippen molar-refractivity contribution in [3.63, 3.8) is 0 Å². The molecule has 0 aliphatic carbocycles. The van der Waals surface area contributed by atoms with Gasteiger partial charge in [0.25, 0.3) is 5.91 Å². The van der Waals surface area contributed by atoms with Gasteiger partial charge >= 0.3 is 0 Å². The first kappa shape index (κ1) is 15.7. The van der Waals surface area contributed by atoms with Gasteiger partial charge in [0.15, 0.2) is 5.65 Å². The summed E-state index contributed by atoms with van der Waals surface area (Å²) in [5.74, 6) is -1.76. The van der Waals surface area contributed by atoms with E-state index in [1.165, 1.54) is 0 Å². The average molecular weight is 342 g/mol. The van der Waals surface area contributed by atoms with Gasteiger partial charge in [-0.3, -0.25) is 9.89 Å². The molecule has 1 atom stereocenters. The van der Waals surface area contributed by atoms with Crippen molar-refractivity contribution in [3.05, 3.63) is 59.4 Å². The summed E-state index contributed by atoms with van der Waals surface area (Å²) in [6.07, 6.45) is 3.41. The van der Waals surface area contributed by atoms with E-state index in [4.69, 9.17) is 0 Å². The first-order chi connectivity index (χ1) is 12.1. The zero-order chi connectivity index (χ0) is 17.4. The number of aromatic nitrogens is 3. The Morgan fingerprint density at radius 1 is 1.24 bits per heavy atom. The third-order valence-electron chi connectivity index (χ3n) is 4.59. The van der Waals surface area contributed by atoms with Crippen LogP contribution in [0.4, 0.5) is 8.78 Å². The van der Waals surface area contributed by atoms with Gasteiger partial charge in [-0.1, -0.05) is 0 Å². The van der Waals surface area contributed by atoms with Crippen molar-refractivity contribution in [3.8, 4) is 0 Å². The number of nitrogens with zero attached hydrogens (tertiary/aromatic N) is 3. The van der Waals surface area contributed by atoms with Gasteiger partial charge in [0.2, 0.25) is 0 Å². The zero-order valence-corrected chi connectivity index (χ0v) is 13.4. The minimum Gasteiger partial charge on any atom is -0.338 e. The smallest absolute Gasteiger partial charge is 0.254 e. The van der Waals surface area contributed by atoms with E-state index in [1.807, 2.05) is 12.1 Å². The molecule has 2 aromatic heterocycles. The quantitative estimate of drug-likeness (QED) is 0.778. The molecule has 0 spiro atoms. The summed E-state index contributed by atoms with van der Waals surface area (Å²) in [5, 5.41) is 8.18. The molecule has 128 valence electrons. The number of halogens is 2. The van der Waals surface area contributed by atoms with E-state index in [2.05, 4.69) is 15.2 Å². The number of aromatic amines is 1. The summed E-state index contributed by atoms with van der Waals surface area (Å²) in [7, 11) is 0. The highest BCUT2D eigenvalue weighted by molar-refractivity contribution is 5.94. The zero-order valence-electron chi connectivity index (χ0n) is 13.4. The molecule has 5 nitrogen and oxygen atoms in total. The van der Waals surface area contributed by atoms with E-state index in [0.29, 0.717) is 18.7 Å². The molecule has 3 aromatic rings. The number of likely N-dealkylation sites (tertiary alicyclic amines) is 1. The Bertz CT molecular complexity index is 919. The lowest BCUT2D eigenvalue weighted by molar-refractivity contribution is 0.0705. The Hall–Kier alpha value is -2.83. The lowest BCUT2D eigenvalue weighted by Crippen LogP contribution is -2.39. The maximum Gasteiger partial charge on any atom is 0.254 e. The van der Waals surface area contributed by atoms with Crippen molar-refractivity contribution in [2.45, 2.75) is 18.8 Å². The van der Waals surface area contributed by atoms with Gasteiger partial charge in [-0.2, -0.15) is 5.10 Å². The molecule has 25 heavy (non-hydrogen) atoms. The number of hydrogen-bond acceptors (Lipinski definition) is 3. The highest BCUT2D eigenvalue weighted by Crippen LogP contribution is 2.30. The molecule has 0 bridgehead atoms. The van der Waals surface area contributed by atoms with E-state index in [1.54, 1.807) is 11.1 Å². The fourth-order valence-electron chi connectivity index (χ4n) is 3.44. The number of pyridine rings is 1. The lowest BCUT2D eigenvalue weighted by Gasteiger charge is -2.32. The molecule has 3 heterocycles. The van der Waals surface area contributed by atoms with Gasteiger partial charge in [0, 0.05) is 47.9 Å². The van der Waals surface area contributed by atoms with Crippen LogP contribution in [0.3, 0.4) is 0 Å². The van der Waals surface area contributed by atoms with Crippen LogP contribution < -0.4 is 0 Å². The normalized spacial score (nSPS) is 17.8. The lowest BCUT2D eigenvalue weighted by atomic mass is 9.93. The Kier molecular flexibility index (Phi) is 3.91. The van der Waals surface area contributed by atoms with Crippen LogP contribution >= 0.6 is 0 Å². The Labute approximate surface area is 142 Å². The van der Waals surface area contributed by atoms with E-state index < -0.39 is 11.6 Å². The molecule has 0 radical (unpaired) electrons. The largest absolute Gasteiger partial charge is 0.338 e. The van der Waals surface area contributed by atoms with Gasteiger partial charge < -0.3 is 4.90 Å². The number of amides is 1. The van der Waals surface area contributed by atoms with Crippen LogP contribution in [-0.4, -0.2) is 39.1 Å². The van der Waals surface area contributed by atoms with Gasteiger partial charge in [-0.25, -0.2) is 13.8 Å². The summed E-state index contributed by atoms with van der Waals surface area (Å²) in [5.41, 5.74) is 1.63. The summed E-state index contributed by atoms with van der Waals surface area (Å²) in [6, 6.07) is 6.71. The SMILES string of the molecule is O=C(c1cc(F)cc(F)c1)N1CCCC(c2[nH]nc3ncccc23)C1. The molecule has 7 heteroatoms. The summed E-state index contributed by atoms with van der Waals surface area (Å²) >= 11 is 0. The molecular formula is C18H16F2N4O. The molecule has 1 saturated heterocycles. The highest BCUT2D eigenvalue weighted by Gasteiger charge is 2.28. The third kappa shape index (κ3) is 2.97. The standard InChI is InChI=1S/C18H16F2N4O/c19-13-7-12(8-14(20)9-13)18(25)24-6-2-3-11(10-24)16-15-4-1-5-21-17(15)23-22-16/h1,4-5,7-9,11H,2-3,6,10H2,(H,21,22,23). The maximum atomic E-state index is 13.4. The highest BCUT2D eigenvalue weighted by atomic mass is 19.1. The molecule has 4 rings (SSSR count). The Morgan fingerprint density at radius 3 is 2.84 bits per heavy atom. The first-order valence-electron chi connectivity index (χ1n) is 8.16. The van der Waals surface area contributed by atoms with Crippen LogP contribution in [-0.2, 0) is 0 Å². The van der Waals surface area contributed by atoms with Gasteiger partial charge in [-0.05, 0) is 37.1 Å². The molecule has 1 N–H and O–H groups in total. The number of rotatable bonds is 2. The number of hydrogen-bond donors (Lipinski definition) is 1. The van der Waals surface area contributed by atoms with Crippen LogP contribution in [0.1, 0.15) is 34.8 Å². The number of benzene rings is 1. The van der Waals surface area contributed by atoms with E-state index >= 15 is 0 Å². The van der Waals surface area contributed by atoms with Crippen LogP contribution in [0.15, 0.2) is 36.5 Å². The number of fused-ring (bicyclic) bond motifs is 1. The van der Waals surface area contributed by atoms with Gasteiger partial charge in [0.1, 0.15) is 11.6 Å². The van der Waals surface area contributed by atoms with E-state index in [0.717, 1.165) is 42.1 Å². The molecule has 1 amide bonds. The molecule has 0 saturated carbocycles. The van der Waals surface area contributed by atoms with Gasteiger partial charge in [0.05, 0.1) is 0 Å². The minimum atomic E-state index is -0.748. The molecule has 1 aromatic carbocycles. The number of carbonyl (C=O) groups is 1. The fourth-order valence-corrected chi connectivity index (χ4v) is 3.44. The molecule has 1 unspecified atom stereocenters. The van der Waals surface area contributed by atoms with Crippen molar-refractivity contribution in [2.75, 3.05) is 13.1 Å². The van der Waals surface area contributed by atoms with E-state index in [-0.39, 0.29) is 17.4 Å². The minimum absolute atomic E-state index is 0.0364. The summed E-state index contributed by atoms with van der Waals surface area (Å²) in [4.78, 5) is 18.5. The number of nitrogens with one attached hydrogen (secondary N) is 1. The predicted molar refractivity (Wildman–Crippen MR) is 88.1 cm³/mol. The van der Waals surface area contributed by atoms with Crippen LogP contribution in [0.25, 0.3) is 11.0 Å². The average Bonchev–Trinajstić information content (AvgIpc) is 3.04. The van der Waals surface area contributed by atoms with Gasteiger partial charge in [-0.15, -0.1) is 0 Å². The number of H-pyrrole nitrogens is 1. The van der Waals surface area contributed by atoms with Crippen LogP contribution in [0.5, 0.6) is 0 Å². The van der Waals surface area contributed by atoms with E-state index in [9.17, 15) is 13.6 Å².